The van der Waals surface area contributed by atoms with Crippen LogP contribution in [0.4, 0.5) is 0 Å². The van der Waals surface area contributed by atoms with Gasteiger partial charge in [0.2, 0.25) is 0 Å². The van der Waals surface area contributed by atoms with Gasteiger partial charge in [-0.15, -0.1) is 0 Å². The second kappa shape index (κ2) is 12.1. The van der Waals surface area contributed by atoms with Crippen LogP contribution in [0.5, 0.6) is 0 Å². The maximum absolute atomic E-state index is 11.6. The van der Waals surface area contributed by atoms with Crippen LogP contribution in [-0.4, -0.2) is 49.3 Å². The van der Waals surface area contributed by atoms with E-state index in [1.165, 1.54) is 13.8 Å². The van der Waals surface area contributed by atoms with Crippen molar-refractivity contribution >= 4 is 23.9 Å². The van der Waals surface area contributed by atoms with Crippen LogP contribution in [0.3, 0.4) is 0 Å². The fourth-order valence-corrected chi connectivity index (χ4v) is 1.39. The van der Waals surface area contributed by atoms with Gasteiger partial charge in [0.25, 0.3) is 0 Å². The third-order valence-electron chi connectivity index (χ3n) is 2.72. The van der Waals surface area contributed by atoms with E-state index >= 15 is 0 Å². The Kier molecular flexibility index (Phi) is 10.9. The lowest BCUT2D eigenvalue weighted by molar-refractivity contribution is -0.165. The van der Waals surface area contributed by atoms with Crippen LogP contribution < -0.4 is 0 Å². The quantitative estimate of drug-likeness (QED) is 0.325. The van der Waals surface area contributed by atoms with Crippen LogP contribution in [-0.2, 0) is 38.1 Å². The average molecular weight is 372 g/mol. The summed E-state index contributed by atoms with van der Waals surface area (Å²) in [5.74, 6) is -2.86. The third-order valence-corrected chi connectivity index (χ3v) is 2.72. The van der Waals surface area contributed by atoms with Crippen LogP contribution in [0.1, 0.15) is 41.5 Å². The monoisotopic (exact) mass is 372 g/mol. The van der Waals surface area contributed by atoms with Gasteiger partial charge in [-0.3, -0.25) is 0 Å². The Hall–Kier alpha value is -2.38. The Labute approximate surface area is 153 Å². The molecule has 0 saturated carbocycles. The highest BCUT2D eigenvalue weighted by atomic mass is 16.6. The van der Waals surface area contributed by atoms with Crippen molar-refractivity contribution in [3.05, 3.63) is 12.2 Å². The van der Waals surface area contributed by atoms with Crippen molar-refractivity contribution in [1.82, 2.24) is 0 Å². The van der Waals surface area contributed by atoms with Gasteiger partial charge in [-0.05, 0) is 25.7 Å². The summed E-state index contributed by atoms with van der Waals surface area (Å²) < 4.78 is 19.5. The van der Waals surface area contributed by atoms with Crippen molar-refractivity contribution in [3.8, 4) is 0 Å². The maximum atomic E-state index is 11.6. The lowest BCUT2D eigenvalue weighted by Gasteiger charge is -2.13. The first-order valence-electron chi connectivity index (χ1n) is 8.45. The molecule has 0 radical (unpaired) electrons. The minimum atomic E-state index is -1.10. The molecule has 2 unspecified atom stereocenters. The van der Waals surface area contributed by atoms with E-state index in [9.17, 15) is 19.2 Å². The van der Waals surface area contributed by atoms with E-state index in [2.05, 4.69) is 0 Å². The van der Waals surface area contributed by atoms with Crippen molar-refractivity contribution in [2.75, 3.05) is 13.2 Å². The molecule has 0 aromatic heterocycles. The highest BCUT2D eigenvalue weighted by Gasteiger charge is 2.20. The normalized spacial score (nSPS) is 13.4. The standard InChI is InChI=1S/C18H28O8/c1-11(2)9-23-17(21)13(5)25-15(19)7-8-16(20)26-14(6)18(22)24-10-12(3)4/h7-8,11-14H,9-10H2,1-6H3/b8-7-. The molecule has 0 aliphatic carbocycles. The molecule has 8 heteroatoms. The number of carbonyl (C=O) groups excluding carboxylic acids is 4. The minimum Gasteiger partial charge on any atom is -0.463 e. The van der Waals surface area contributed by atoms with E-state index in [1.54, 1.807) is 0 Å². The zero-order valence-electron chi connectivity index (χ0n) is 16.1. The summed E-state index contributed by atoms with van der Waals surface area (Å²) in [6.07, 6.45) is -0.597. The molecule has 0 bridgehead atoms. The highest BCUT2D eigenvalue weighted by Crippen LogP contribution is 2.02. The van der Waals surface area contributed by atoms with E-state index in [0.29, 0.717) is 0 Å². The molecule has 0 saturated heterocycles. The SMILES string of the molecule is CC(C)COC(=O)C(C)OC(=O)/C=C\C(=O)OC(C)C(=O)OCC(C)C. The number of hydrogen-bond donors (Lipinski definition) is 0. The summed E-state index contributed by atoms with van der Waals surface area (Å²) in [5.41, 5.74) is 0. The summed E-state index contributed by atoms with van der Waals surface area (Å²) in [5, 5.41) is 0. The van der Waals surface area contributed by atoms with Gasteiger partial charge in [-0.2, -0.15) is 0 Å². The van der Waals surface area contributed by atoms with Gasteiger partial charge in [-0.1, -0.05) is 27.7 Å². The number of esters is 4. The van der Waals surface area contributed by atoms with Crippen LogP contribution in [0, 0.1) is 11.8 Å². The predicted molar refractivity (Wildman–Crippen MR) is 91.8 cm³/mol. The number of carbonyl (C=O) groups is 4. The second-order valence-electron chi connectivity index (χ2n) is 6.54. The maximum Gasteiger partial charge on any atom is 0.347 e. The Balaban J connectivity index is 4.31. The smallest absolute Gasteiger partial charge is 0.347 e. The zero-order chi connectivity index (χ0) is 20.3. The molecule has 0 rings (SSSR count). The Bertz CT molecular complexity index is 475. The molecule has 0 N–H and O–H groups in total. The fourth-order valence-electron chi connectivity index (χ4n) is 1.39. The topological polar surface area (TPSA) is 105 Å². The zero-order valence-corrected chi connectivity index (χ0v) is 16.1. The molecule has 0 heterocycles. The second-order valence-corrected chi connectivity index (χ2v) is 6.54. The molecular formula is C18H28O8. The van der Waals surface area contributed by atoms with Gasteiger partial charge in [0.15, 0.2) is 12.2 Å². The van der Waals surface area contributed by atoms with Gasteiger partial charge in [0.05, 0.1) is 13.2 Å². The lowest BCUT2D eigenvalue weighted by Crippen LogP contribution is -2.27. The molecule has 0 spiro atoms. The van der Waals surface area contributed by atoms with Crippen LogP contribution in [0.2, 0.25) is 0 Å². The van der Waals surface area contributed by atoms with Gasteiger partial charge in [-0.25, -0.2) is 19.2 Å². The van der Waals surface area contributed by atoms with Gasteiger partial charge < -0.3 is 18.9 Å². The van der Waals surface area contributed by atoms with Gasteiger partial charge in [0, 0.05) is 12.2 Å². The van der Waals surface area contributed by atoms with Crippen LogP contribution in [0.15, 0.2) is 12.2 Å². The molecule has 0 aromatic carbocycles. The molecule has 26 heavy (non-hydrogen) atoms. The first-order valence-corrected chi connectivity index (χ1v) is 8.45. The van der Waals surface area contributed by atoms with Crippen molar-refractivity contribution in [2.45, 2.75) is 53.8 Å². The molecule has 0 fully saturated rings. The summed E-state index contributed by atoms with van der Waals surface area (Å²) in [6, 6.07) is 0. The van der Waals surface area contributed by atoms with E-state index in [1.807, 2.05) is 27.7 Å². The van der Waals surface area contributed by atoms with E-state index in [-0.39, 0.29) is 25.0 Å². The van der Waals surface area contributed by atoms with E-state index in [0.717, 1.165) is 12.2 Å². The van der Waals surface area contributed by atoms with Gasteiger partial charge in [0.1, 0.15) is 0 Å². The van der Waals surface area contributed by atoms with Crippen LogP contribution >= 0.6 is 0 Å². The van der Waals surface area contributed by atoms with Crippen molar-refractivity contribution < 1.29 is 38.1 Å². The molecule has 148 valence electrons. The molecule has 0 aromatic rings. The third kappa shape index (κ3) is 11.2. The van der Waals surface area contributed by atoms with Crippen molar-refractivity contribution in [2.24, 2.45) is 11.8 Å². The van der Waals surface area contributed by atoms with E-state index < -0.39 is 36.1 Å². The Morgan fingerprint density at radius 1 is 0.654 bits per heavy atom. The molecular weight excluding hydrogens is 344 g/mol. The molecule has 0 aliphatic rings. The molecule has 0 amide bonds. The lowest BCUT2D eigenvalue weighted by atomic mass is 10.2. The summed E-state index contributed by atoms with van der Waals surface area (Å²) in [4.78, 5) is 46.3. The highest BCUT2D eigenvalue weighted by molar-refractivity contribution is 5.93. The largest absolute Gasteiger partial charge is 0.463 e. The fraction of sp³-hybridized carbons (Fsp3) is 0.667. The average Bonchev–Trinajstić information content (AvgIpc) is 2.55. The number of hydrogen-bond acceptors (Lipinski definition) is 8. The van der Waals surface area contributed by atoms with E-state index in [4.69, 9.17) is 18.9 Å². The predicted octanol–water partition coefficient (Wildman–Crippen LogP) is 1.80. The first kappa shape index (κ1) is 23.6. The van der Waals surface area contributed by atoms with Crippen LogP contribution in [0.25, 0.3) is 0 Å². The van der Waals surface area contributed by atoms with Crippen molar-refractivity contribution in [3.63, 3.8) is 0 Å². The first-order chi connectivity index (χ1) is 12.0. The summed E-state index contributed by atoms with van der Waals surface area (Å²) in [6.45, 7) is 10.6. The number of ether oxygens (including phenoxy) is 4. The summed E-state index contributed by atoms with van der Waals surface area (Å²) >= 11 is 0. The summed E-state index contributed by atoms with van der Waals surface area (Å²) in [7, 11) is 0. The molecule has 8 nitrogen and oxygen atoms in total. The Morgan fingerprint density at radius 3 is 1.23 bits per heavy atom. The molecule has 0 aliphatic heterocycles. The number of rotatable bonds is 10. The minimum absolute atomic E-state index is 0.158. The van der Waals surface area contributed by atoms with Gasteiger partial charge >= 0.3 is 23.9 Å². The van der Waals surface area contributed by atoms with Crippen molar-refractivity contribution in [1.29, 1.82) is 0 Å². The Morgan fingerprint density at radius 2 is 0.962 bits per heavy atom. The molecule has 2 atom stereocenters.